The van der Waals surface area contributed by atoms with Crippen LogP contribution in [0.15, 0.2) is 54.7 Å². The summed E-state index contributed by atoms with van der Waals surface area (Å²) in [5, 5.41) is 19.7. The molecule has 106 valence electrons. The predicted octanol–water partition coefficient (Wildman–Crippen LogP) is 2.19. The van der Waals surface area contributed by atoms with Crippen molar-refractivity contribution in [1.29, 1.82) is 0 Å². The van der Waals surface area contributed by atoms with Gasteiger partial charge >= 0.3 is 7.12 Å². The van der Waals surface area contributed by atoms with Gasteiger partial charge in [0.2, 0.25) is 0 Å². The number of nitrogens with zero attached hydrogens (tertiary/aromatic N) is 2. The van der Waals surface area contributed by atoms with Gasteiger partial charge in [0.05, 0.1) is 10.2 Å². The van der Waals surface area contributed by atoms with Gasteiger partial charge in [-0.25, -0.2) is 9.97 Å². The summed E-state index contributed by atoms with van der Waals surface area (Å²) in [7, 11) is -1.49. The Morgan fingerprint density at radius 3 is 2.68 bits per heavy atom. The van der Waals surface area contributed by atoms with E-state index in [-0.39, 0.29) is 0 Å². The molecule has 0 spiro atoms. The first-order valence-corrected chi connectivity index (χ1v) is 7.65. The van der Waals surface area contributed by atoms with Crippen LogP contribution < -0.4 is 5.46 Å². The van der Waals surface area contributed by atoms with E-state index in [2.05, 4.69) is 22.1 Å². The van der Waals surface area contributed by atoms with Crippen molar-refractivity contribution in [2.75, 3.05) is 0 Å². The predicted molar refractivity (Wildman–Crippen MR) is 90.2 cm³/mol. The lowest BCUT2D eigenvalue weighted by atomic mass is 9.79. The Balaban J connectivity index is 1.92. The number of rotatable bonds is 2. The quantitative estimate of drug-likeness (QED) is 0.557. The van der Waals surface area contributed by atoms with E-state index in [1.54, 1.807) is 29.5 Å². The minimum Gasteiger partial charge on any atom is -0.423 e. The van der Waals surface area contributed by atoms with Gasteiger partial charge < -0.3 is 10.0 Å². The topological polar surface area (TPSA) is 66.2 Å². The van der Waals surface area contributed by atoms with E-state index < -0.39 is 7.12 Å². The number of benzene rings is 2. The Morgan fingerprint density at radius 2 is 1.82 bits per heavy atom. The molecule has 6 heteroatoms. The van der Waals surface area contributed by atoms with E-state index in [0.717, 1.165) is 21.2 Å². The largest absolute Gasteiger partial charge is 0.488 e. The molecule has 0 unspecified atom stereocenters. The van der Waals surface area contributed by atoms with Crippen molar-refractivity contribution in [3.05, 3.63) is 54.7 Å². The zero-order valence-electron chi connectivity index (χ0n) is 11.5. The standard InChI is InChI=1S/C16H11BN2O2S/c20-17(21)11-5-3-4-10(8-11)16-18-9-14-15(19-16)12-6-1-2-7-13(12)22-14/h1-9,20-21H. The van der Waals surface area contributed by atoms with Gasteiger partial charge in [-0.05, 0) is 11.5 Å². The zero-order chi connectivity index (χ0) is 15.1. The number of thiophene rings is 1. The molecule has 0 atom stereocenters. The van der Waals surface area contributed by atoms with Crippen LogP contribution in [0.2, 0.25) is 0 Å². The summed E-state index contributed by atoms with van der Waals surface area (Å²) in [4.78, 5) is 9.08. The normalized spacial score (nSPS) is 11.2. The van der Waals surface area contributed by atoms with Crippen LogP contribution in [0.25, 0.3) is 31.7 Å². The monoisotopic (exact) mass is 306 g/mol. The first-order chi connectivity index (χ1) is 10.7. The molecular weight excluding hydrogens is 295 g/mol. The van der Waals surface area contributed by atoms with Crippen LogP contribution in [0.1, 0.15) is 0 Å². The minimum absolute atomic E-state index is 0.427. The van der Waals surface area contributed by atoms with Gasteiger partial charge in [-0.15, -0.1) is 11.3 Å². The van der Waals surface area contributed by atoms with Crippen LogP contribution in [0.5, 0.6) is 0 Å². The lowest BCUT2D eigenvalue weighted by molar-refractivity contribution is 0.426. The number of hydrogen-bond acceptors (Lipinski definition) is 5. The molecule has 0 fully saturated rings. The molecule has 0 saturated carbocycles. The van der Waals surface area contributed by atoms with Crippen LogP contribution in [-0.4, -0.2) is 27.1 Å². The van der Waals surface area contributed by atoms with Crippen molar-refractivity contribution < 1.29 is 10.0 Å². The molecule has 4 rings (SSSR count). The average molecular weight is 306 g/mol. The molecule has 2 heterocycles. The van der Waals surface area contributed by atoms with E-state index in [9.17, 15) is 10.0 Å². The van der Waals surface area contributed by atoms with E-state index >= 15 is 0 Å². The van der Waals surface area contributed by atoms with Crippen molar-refractivity contribution in [2.24, 2.45) is 0 Å². The zero-order valence-corrected chi connectivity index (χ0v) is 12.3. The Hall–Kier alpha value is -2.28. The first-order valence-electron chi connectivity index (χ1n) is 6.83. The van der Waals surface area contributed by atoms with Gasteiger partial charge in [-0.3, -0.25) is 0 Å². The summed E-state index contributed by atoms with van der Waals surface area (Å²) >= 11 is 1.67. The van der Waals surface area contributed by atoms with Crippen molar-refractivity contribution in [1.82, 2.24) is 9.97 Å². The minimum atomic E-state index is -1.49. The molecule has 2 N–H and O–H groups in total. The maximum Gasteiger partial charge on any atom is 0.488 e. The van der Waals surface area contributed by atoms with Gasteiger partial charge in [0, 0.05) is 21.8 Å². The van der Waals surface area contributed by atoms with Crippen molar-refractivity contribution >= 4 is 44.2 Å². The molecule has 0 aliphatic heterocycles. The van der Waals surface area contributed by atoms with E-state index in [1.165, 1.54) is 4.70 Å². The second-order valence-electron chi connectivity index (χ2n) is 5.00. The first kappa shape index (κ1) is 13.4. The summed E-state index contributed by atoms with van der Waals surface area (Å²) in [5.41, 5.74) is 2.12. The van der Waals surface area contributed by atoms with Crippen LogP contribution >= 0.6 is 11.3 Å². The Labute approximate surface area is 130 Å². The molecule has 0 bridgehead atoms. The van der Waals surface area contributed by atoms with Gasteiger partial charge in [0.1, 0.15) is 0 Å². The fourth-order valence-electron chi connectivity index (χ4n) is 2.49. The molecule has 22 heavy (non-hydrogen) atoms. The maximum absolute atomic E-state index is 9.29. The summed E-state index contributed by atoms with van der Waals surface area (Å²) in [6.45, 7) is 0. The molecular formula is C16H11BN2O2S. The summed E-state index contributed by atoms with van der Waals surface area (Å²) in [5.74, 6) is 0.582. The average Bonchev–Trinajstić information content (AvgIpc) is 2.92. The van der Waals surface area contributed by atoms with Crippen LogP contribution in [0.4, 0.5) is 0 Å². The molecule has 0 aliphatic rings. The molecule has 0 radical (unpaired) electrons. The van der Waals surface area contributed by atoms with Gasteiger partial charge in [-0.1, -0.05) is 42.5 Å². The van der Waals surface area contributed by atoms with Crippen molar-refractivity contribution in [2.45, 2.75) is 0 Å². The lowest BCUT2D eigenvalue weighted by Gasteiger charge is -2.03. The Kier molecular flexibility index (Phi) is 3.15. The van der Waals surface area contributed by atoms with Crippen LogP contribution in [-0.2, 0) is 0 Å². The number of aromatic nitrogens is 2. The SMILES string of the molecule is OB(O)c1cccc(-c2ncc3sc4ccccc4c3n2)c1. The smallest absolute Gasteiger partial charge is 0.423 e. The van der Waals surface area contributed by atoms with E-state index in [0.29, 0.717) is 11.3 Å². The Bertz CT molecular complexity index is 984. The van der Waals surface area contributed by atoms with E-state index in [4.69, 9.17) is 0 Å². The van der Waals surface area contributed by atoms with Gasteiger partial charge in [0.15, 0.2) is 5.82 Å². The van der Waals surface area contributed by atoms with Crippen LogP contribution in [0, 0.1) is 0 Å². The molecule has 2 aromatic heterocycles. The maximum atomic E-state index is 9.29. The van der Waals surface area contributed by atoms with Gasteiger partial charge in [0.25, 0.3) is 0 Å². The summed E-state index contributed by atoms with van der Waals surface area (Å²) < 4.78 is 2.23. The third kappa shape index (κ3) is 2.18. The molecule has 0 saturated heterocycles. The molecule has 0 aliphatic carbocycles. The summed E-state index contributed by atoms with van der Waals surface area (Å²) in [6.07, 6.45) is 1.82. The number of hydrogen-bond donors (Lipinski definition) is 2. The van der Waals surface area contributed by atoms with E-state index in [1.807, 2.05) is 24.4 Å². The second-order valence-corrected chi connectivity index (χ2v) is 6.09. The highest BCUT2D eigenvalue weighted by molar-refractivity contribution is 7.25. The highest BCUT2D eigenvalue weighted by atomic mass is 32.1. The third-order valence-electron chi connectivity index (χ3n) is 3.56. The third-order valence-corrected chi connectivity index (χ3v) is 4.65. The molecule has 4 nitrogen and oxygen atoms in total. The highest BCUT2D eigenvalue weighted by Crippen LogP contribution is 2.32. The molecule has 4 aromatic rings. The lowest BCUT2D eigenvalue weighted by Crippen LogP contribution is -2.29. The van der Waals surface area contributed by atoms with Crippen molar-refractivity contribution in [3.63, 3.8) is 0 Å². The fraction of sp³-hybridized carbons (Fsp3) is 0. The molecule has 2 aromatic carbocycles. The van der Waals surface area contributed by atoms with Gasteiger partial charge in [-0.2, -0.15) is 0 Å². The molecule has 0 amide bonds. The van der Waals surface area contributed by atoms with Crippen molar-refractivity contribution in [3.8, 4) is 11.4 Å². The fourth-order valence-corrected chi connectivity index (χ4v) is 3.50. The second kappa shape index (κ2) is 5.17. The Morgan fingerprint density at radius 1 is 0.955 bits per heavy atom. The highest BCUT2D eigenvalue weighted by Gasteiger charge is 2.13. The van der Waals surface area contributed by atoms with Crippen LogP contribution in [0.3, 0.4) is 0 Å². The summed E-state index contributed by atoms with van der Waals surface area (Å²) in [6, 6.07) is 15.1. The number of fused-ring (bicyclic) bond motifs is 3.